The van der Waals surface area contributed by atoms with Crippen LogP contribution in [0.1, 0.15) is 62.3 Å². The molecular weight excluding hydrogens is 774 g/mol. The minimum Gasteiger partial charge on any atom is -0.439 e. The standard InChI is InChI=1S/C43H54Cl3N2O4PSi/c1-31(52-54(41(5,6)7,34-26-18-12-19-27-34)35-28-20-13-21-29-35)36(30-53(32-22-14-10-15-23-32)33-24-16-11-17-25-33)47-38(49)37(40(2,3)4)48-39(50)51-42(8,9)43(44,45)46/h10-29,31,36-37H,30H2,1-9H3,(H,47,49)(H,48,50)/t31?,36-,37+/m0/s1. The molecule has 0 aliphatic heterocycles. The van der Waals surface area contributed by atoms with Crippen LogP contribution in [0.15, 0.2) is 121 Å². The number of alkyl halides is 3. The molecule has 0 saturated heterocycles. The van der Waals surface area contributed by atoms with E-state index in [2.05, 4.69) is 111 Å². The molecule has 4 aromatic rings. The van der Waals surface area contributed by atoms with Crippen LogP contribution in [0.25, 0.3) is 0 Å². The van der Waals surface area contributed by atoms with E-state index in [9.17, 15) is 9.59 Å². The van der Waals surface area contributed by atoms with Crippen molar-refractivity contribution in [2.45, 2.75) is 94.9 Å². The van der Waals surface area contributed by atoms with Gasteiger partial charge in [0.1, 0.15) is 6.04 Å². The molecule has 0 spiro atoms. The van der Waals surface area contributed by atoms with E-state index in [-0.39, 0.29) is 10.9 Å². The zero-order valence-corrected chi connectivity index (χ0v) is 36.9. The zero-order chi connectivity index (χ0) is 40.0. The Kier molecular flexibility index (Phi) is 14.5. The number of benzene rings is 4. The van der Waals surface area contributed by atoms with Crippen LogP contribution in [0.3, 0.4) is 0 Å². The lowest BCUT2D eigenvalue weighted by Crippen LogP contribution is -2.69. The Balaban J connectivity index is 1.83. The predicted molar refractivity (Wildman–Crippen MR) is 231 cm³/mol. The molecule has 0 radical (unpaired) electrons. The number of hydrogen-bond donors (Lipinski definition) is 2. The van der Waals surface area contributed by atoms with Crippen LogP contribution in [0, 0.1) is 5.41 Å². The smallest absolute Gasteiger partial charge is 0.408 e. The second-order valence-corrected chi connectivity index (χ2v) is 25.0. The maximum absolute atomic E-state index is 14.7. The third kappa shape index (κ3) is 10.7. The Labute approximate surface area is 339 Å². The van der Waals surface area contributed by atoms with Crippen molar-refractivity contribution in [1.29, 1.82) is 0 Å². The number of amides is 2. The highest BCUT2D eigenvalue weighted by Crippen LogP contribution is 2.41. The van der Waals surface area contributed by atoms with E-state index in [1.165, 1.54) is 24.5 Å². The summed E-state index contributed by atoms with van der Waals surface area (Å²) in [4.78, 5) is 28.0. The molecule has 6 nitrogen and oxygen atoms in total. The third-order valence-electron chi connectivity index (χ3n) is 9.61. The first-order valence-electron chi connectivity index (χ1n) is 18.2. The van der Waals surface area contributed by atoms with Gasteiger partial charge in [-0.3, -0.25) is 4.79 Å². The van der Waals surface area contributed by atoms with Gasteiger partial charge in [-0.05, 0) is 66.3 Å². The number of carbonyl (C=O) groups is 2. The highest BCUT2D eigenvalue weighted by Gasteiger charge is 2.52. The predicted octanol–water partition coefficient (Wildman–Crippen LogP) is 8.86. The third-order valence-corrected chi connectivity index (χ3v) is 18.7. The van der Waals surface area contributed by atoms with E-state index in [0.717, 1.165) is 10.4 Å². The summed E-state index contributed by atoms with van der Waals surface area (Å²) in [6, 6.07) is 40.3. The van der Waals surface area contributed by atoms with Gasteiger partial charge < -0.3 is 19.8 Å². The van der Waals surface area contributed by atoms with Crippen molar-refractivity contribution < 1.29 is 18.8 Å². The highest BCUT2D eigenvalue weighted by atomic mass is 35.6. The Morgan fingerprint density at radius 3 is 1.44 bits per heavy atom. The molecule has 0 aromatic heterocycles. The van der Waals surface area contributed by atoms with Crippen LogP contribution < -0.4 is 31.6 Å². The normalized spacial score (nSPS) is 14.5. The van der Waals surface area contributed by atoms with Gasteiger partial charge in [-0.1, -0.05) is 198 Å². The van der Waals surface area contributed by atoms with Gasteiger partial charge in [0.15, 0.2) is 5.60 Å². The Hall–Kier alpha value is -2.90. The number of rotatable bonds is 13. The molecule has 0 aliphatic carbocycles. The van der Waals surface area contributed by atoms with E-state index >= 15 is 0 Å². The first-order valence-corrected chi connectivity index (χ1v) is 22.8. The summed E-state index contributed by atoms with van der Waals surface area (Å²) in [7, 11) is -4.00. The summed E-state index contributed by atoms with van der Waals surface area (Å²) >= 11 is 18.4. The monoisotopic (exact) mass is 826 g/mol. The molecule has 2 N–H and O–H groups in total. The molecule has 11 heteroatoms. The molecule has 290 valence electrons. The maximum Gasteiger partial charge on any atom is 0.408 e. The molecular formula is C43H54Cl3N2O4PSi. The van der Waals surface area contributed by atoms with Gasteiger partial charge in [0.05, 0.1) is 12.1 Å². The second-order valence-electron chi connectivity index (χ2n) is 16.2. The Morgan fingerprint density at radius 2 is 1.07 bits per heavy atom. The number of alkyl carbamates (subject to hydrolysis) is 1. The molecule has 0 bridgehead atoms. The number of halogens is 3. The zero-order valence-electron chi connectivity index (χ0n) is 32.7. The summed E-state index contributed by atoms with van der Waals surface area (Å²) in [6.07, 6.45) is -0.755. The van der Waals surface area contributed by atoms with Crippen molar-refractivity contribution in [1.82, 2.24) is 10.6 Å². The van der Waals surface area contributed by atoms with Crippen molar-refractivity contribution in [3.63, 3.8) is 0 Å². The highest BCUT2D eigenvalue weighted by molar-refractivity contribution is 7.73. The largest absolute Gasteiger partial charge is 0.439 e. The lowest BCUT2D eigenvalue weighted by Gasteiger charge is -2.46. The molecule has 0 aliphatic rings. The van der Waals surface area contributed by atoms with Crippen molar-refractivity contribution >= 4 is 84.0 Å². The molecule has 54 heavy (non-hydrogen) atoms. The van der Waals surface area contributed by atoms with Crippen molar-refractivity contribution in [2.24, 2.45) is 5.41 Å². The molecule has 0 heterocycles. The first-order chi connectivity index (χ1) is 25.2. The molecule has 4 rings (SSSR count). The average molecular weight is 828 g/mol. The van der Waals surface area contributed by atoms with Crippen molar-refractivity contribution in [2.75, 3.05) is 6.16 Å². The van der Waals surface area contributed by atoms with Crippen LogP contribution in [0.5, 0.6) is 0 Å². The van der Waals surface area contributed by atoms with Gasteiger partial charge in [-0.2, -0.15) is 0 Å². The first kappa shape index (κ1) is 43.8. The van der Waals surface area contributed by atoms with Crippen LogP contribution in [0.4, 0.5) is 4.79 Å². The van der Waals surface area contributed by atoms with Crippen molar-refractivity contribution in [3.8, 4) is 0 Å². The Morgan fingerprint density at radius 1 is 0.667 bits per heavy atom. The molecule has 0 saturated carbocycles. The van der Waals surface area contributed by atoms with E-state index in [4.69, 9.17) is 44.0 Å². The van der Waals surface area contributed by atoms with Gasteiger partial charge in [0.2, 0.25) is 9.70 Å². The number of hydrogen-bond acceptors (Lipinski definition) is 4. The van der Waals surface area contributed by atoms with Gasteiger partial charge in [-0.15, -0.1) is 0 Å². The molecule has 3 atom stereocenters. The molecule has 1 unspecified atom stereocenters. The Bertz CT molecular complexity index is 1720. The lowest BCUT2D eigenvalue weighted by molar-refractivity contribution is -0.126. The fourth-order valence-electron chi connectivity index (χ4n) is 6.51. The summed E-state index contributed by atoms with van der Waals surface area (Å²) in [6.45, 7) is 17.4. The molecule has 0 fully saturated rings. The van der Waals surface area contributed by atoms with Crippen LogP contribution in [-0.4, -0.2) is 54.1 Å². The van der Waals surface area contributed by atoms with E-state index < -0.39 is 55.3 Å². The number of carbonyl (C=O) groups excluding carboxylic acids is 2. The fourth-order valence-corrected chi connectivity index (χ4v) is 13.9. The summed E-state index contributed by atoms with van der Waals surface area (Å²) < 4.78 is 11.3. The summed E-state index contributed by atoms with van der Waals surface area (Å²) in [5.41, 5.74) is -2.19. The SMILES string of the molecule is CC(O[Si](c1ccccc1)(c1ccccc1)C(C)(C)C)[C@H](CP(c1ccccc1)c1ccccc1)NC(=O)[C@@H](NC(=O)OC(C)(C)C(Cl)(Cl)Cl)C(C)(C)C. The van der Waals surface area contributed by atoms with E-state index in [1.807, 2.05) is 69.3 Å². The van der Waals surface area contributed by atoms with Crippen LogP contribution >= 0.6 is 42.7 Å². The summed E-state index contributed by atoms with van der Waals surface area (Å²) in [5.74, 6) is -0.370. The van der Waals surface area contributed by atoms with E-state index in [0.29, 0.717) is 6.16 Å². The van der Waals surface area contributed by atoms with E-state index in [1.54, 1.807) is 0 Å². The van der Waals surface area contributed by atoms with Crippen LogP contribution in [-0.2, 0) is 14.0 Å². The topological polar surface area (TPSA) is 76.7 Å². The number of ether oxygens (including phenoxy) is 1. The van der Waals surface area contributed by atoms with Gasteiger partial charge in [0.25, 0.3) is 8.32 Å². The molecule has 4 aromatic carbocycles. The van der Waals surface area contributed by atoms with Gasteiger partial charge >= 0.3 is 6.09 Å². The maximum atomic E-state index is 14.7. The second kappa shape index (κ2) is 17.9. The van der Waals surface area contributed by atoms with Crippen LogP contribution in [0.2, 0.25) is 5.04 Å². The number of nitrogens with one attached hydrogen (secondary N) is 2. The van der Waals surface area contributed by atoms with Gasteiger partial charge in [0, 0.05) is 0 Å². The lowest BCUT2D eigenvalue weighted by atomic mass is 9.86. The minimum absolute atomic E-state index is 0.295. The quantitative estimate of drug-likeness (QED) is 0.0803. The van der Waals surface area contributed by atoms with Gasteiger partial charge in [-0.25, -0.2) is 4.79 Å². The summed E-state index contributed by atoms with van der Waals surface area (Å²) in [5, 5.41) is 10.5. The average Bonchev–Trinajstić information content (AvgIpc) is 3.11. The molecule has 2 amide bonds. The fraction of sp³-hybridized carbons (Fsp3) is 0.395. The van der Waals surface area contributed by atoms with Crippen molar-refractivity contribution in [3.05, 3.63) is 121 Å². The minimum atomic E-state index is -3.04.